The number of likely N-dealkylation sites (tertiary alicyclic amines) is 1. The van der Waals surface area contributed by atoms with Crippen molar-refractivity contribution < 1.29 is 9.53 Å². The first-order chi connectivity index (χ1) is 11.0. The molecule has 0 aromatic rings. The van der Waals surface area contributed by atoms with Crippen LogP contribution in [0.3, 0.4) is 0 Å². The van der Waals surface area contributed by atoms with E-state index in [-0.39, 0.29) is 17.0 Å². The van der Waals surface area contributed by atoms with Gasteiger partial charge in [-0.15, -0.1) is 12.3 Å². The molecule has 2 saturated heterocycles. The van der Waals surface area contributed by atoms with Crippen molar-refractivity contribution in [1.29, 1.82) is 0 Å². The molecular weight excluding hydrogens is 290 g/mol. The van der Waals surface area contributed by atoms with Crippen LogP contribution in [-0.2, 0) is 9.53 Å². The third-order valence-electron chi connectivity index (χ3n) is 5.68. The van der Waals surface area contributed by atoms with Gasteiger partial charge in [0, 0.05) is 56.9 Å². The van der Waals surface area contributed by atoms with E-state index < -0.39 is 0 Å². The first kappa shape index (κ1) is 16.4. The molecule has 0 aromatic carbocycles. The Morgan fingerprint density at radius 1 is 1.35 bits per heavy atom. The quantitative estimate of drug-likeness (QED) is 0.707. The summed E-state index contributed by atoms with van der Waals surface area (Å²) in [6, 6.07) is 0.355. The van der Waals surface area contributed by atoms with Gasteiger partial charge in [-0.2, -0.15) is 10.2 Å². The normalized spacial score (nSPS) is 26.9. The van der Waals surface area contributed by atoms with Crippen molar-refractivity contribution >= 4 is 5.91 Å². The molecule has 23 heavy (non-hydrogen) atoms. The highest BCUT2D eigenvalue weighted by Gasteiger charge is 2.55. The van der Waals surface area contributed by atoms with Crippen molar-refractivity contribution in [3.8, 4) is 12.3 Å². The summed E-state index contributed by atoms with van der Waals surface area (Å²) in [5, 5.41) is 8.25. The second-order valence-corrected chi connectivity index (χ2v) is 7.57. The van der Waals surface area contributed by atoms with Crippen molar-refractivity contribution in [3.63, 3.8) is 0 Å². The second-order valence-electron chi connectivity index (χ2n) is 7.57. The molecule has 3 aliphatic rings. The molecule has 1 spiro atoms. The highest BCUT2D eigenvalue weighted by Crippen LogP contribution is 2.49. The molecule has 5 heteroatoms. The van der Waals surface area contributed by atoms with E-state index in [1.165, 1.54) is 0 Å². The molecule has 0 bridgehead atoms. The molecule has 0 aromatic heterocycles. The van der Waals surface area contributed by atoms with Crippen LogP contribution < -0.4 is 0 Å². The van der Waals surface area contributed by atoms with Gasteiger partial charge in [0.2, 0.25) is 5.91 Å². The summed E-state index contributed by atoms with van der Waals surface area (Å²) < 4.78 is 5.52. The molecule has 0 N–H and O–H groups in total. The summed E-state index contributed by atoms with van der Waals surface area (Å²) >= 11 is 0. The molecular formula is C18H27N3O2. The molecule has 3 heterocycles. The van der Waals surface area contributed by atoms with Gasteiger partial charge in [-0.25, -0.2) is 0 Å². The molecule has 1 amide bonds. The highest BCUT2D eigenvalue weighted by atomic mass is 16.5. The number of terminal acetylenes is 1. The van der Waals surface area contributed by atoms with Gasteiger partial charge in [0.05, 0.1) is 0 Å². The Labute approximate surface area is 138 Å². The van der Waals surface area contributed by atoms with Crippen molar-refractivity contribution in [2.75, 3.05) is 19.8 Å². The summed E-state index contributed by atoms with van der Waals surface area (Å²) in [6.45, 7) is 7.00. The first-order valence-electron chi connectivity index (χ1n) is 8.77. The van der Waals surface area contributed by atoms with Crippen molar-refractivity contribution in [3.05, 3.63) is 0 Å². The average Bonchev–Trinajstić information content (AvgIpc) is 3.29. The summed E-state index contributed by atoms with van der Waals surface area (Å²) in [4.78, 5) is 14.8. The molecule has 5 nitrogen and oxygen atoms in total. The van der Waals surface area contributed by atoms with Gasteiger partial charge in [0.25, 0.3) is 0 Å². The Kier molecular flexibility index (Phi) is 4.46. The number of hydrogen-bond donors (Lipinski definition) is 0. The molecule has 3 rings (SSSR count). The fourth-order valence-electron chi connectivity index (χ4n) is 4.41. The molecule has 1 unspecified atom stereocenters. The van der Waals surface area contributed by atoms with E-state index in [0.29, 0.717) is 31.2 Å². The van der Waals surface area contributed by atoms with E-state index in [1.54, 1.807) is 0 Å². The fourth-order valence-corrected chi connectivity index (χ4v) is 4.41. The zero-order valence-corrected chi connectivity index (χ0v) is 14.3. The fraction of sp³-hybridized carbons (Fsp3) is 0.833. The van der Waals surface area contributed by atoms with E-state index in [2.05, 4.69) is 34.9 Å². The van der Waals surface area contributed by atoms with Gasteiger partial charge in [-0.1, -0.05) is 13.8 Å². The highest BCUT2D eigenvalue weighted by molar-refractivity contribution is 5.78. The number of nitrogens with zero attached hydrogens (tertiary/aromatic N) is 3. The smallest absolute Gasteiger partial charge is 0.223 e. The molecule has 0 aliphatic carbocycles. The lowest BCUT2D eigenvalue weighted by Crippen LogP contribution is -2.69. The zero-order chi connectivity index (χ0) is 16.5. The molecule has 1 atom stereocenters. The molecule has 0 saturated carbocycles. The lowest BCUT2D eigenvalue weighted by molar-refractivity contribution is -0.175. The number of amides is 1. The Hall–Kier alpha value is -1.41. The van der Waals surface area contributed by atoms with Crippen LogP contribution in [0.15, 0.2) is 10.2 Å². The summed E-state index contributed by atoms with van der Waals surface area (Å²) in [6.07, 6.45) is 10.1. The number of carbonyl (C=O) groups excluding carboxylic acids is 1. The van der Waals surface area contributed by atoms with Gasteiger partial charge in [0.15, 0.2) is 5.66 Å². The minimum Gasteiger partial charge on any atom is -0.381 e. The van der Waals surface area contributed by atoms with Crippen LogP contribution in [0.2, 0.25) is 0 Å². The van der Waals surface area contributed by atoms with E-state index >= 15 is 0 Å². The second kappa shape index (κ2) is 6.24. The minimum absolute atomic E-state index is 0.248. The maximum Gasteiger partial charge on any atom is 0.223 e. The van der Waals surface area contributed by atoms with Crippen molar-refractivity contribution in [2.24, 2.45) is 21.6 Å². The maximum absolute atomic E-state index is 12.7. The van der Waals surface area contributed by atoms with Gasteiger partial charge < -0.3 is 9.64 Å². The molecule has 0 radical (unpaired) electrons. The third-order valence-corrected chi connectivity index (χ3v) is 5.68. The summed E-state index contributed by atoms with van der Waals surface area (Å²) in [5.41, 5.74) is -0.0614. The van der Waals surface area contributed by atoms with Crippen LogP contribution in [-0.4, -0.2) is 42.3 Å². The van der Waals surface area contributed by atoms with E-state index in [9.17, 15) is 4.79 Å². The summed E-state index contributed by atoms with van der Waals surface area (Å²) in [5.74, 6) is 3.36. The van der Waals surface area contributed by atoms with Crippen molar-refractivity contribution in [2.45, 2.75) is 64.1 Å². The van der Waals surface area contributed by atoms with Crippen LogP contribution in [0.4, 0.5) is 0 Å². The van der Waals surface area contributed by atoms with Gasteiger partial charge in [-0.05, 0) is 18.8 Å². The lowest BCUT2D eigenvalue weighted by Gasteiger charge is -2.61. The Morgan fingerprint density at radius 2 is 2.04 bits per heavy atom. The predicted molar refractivity (Wildman–Crippen MR) is 87.7 cm³/mol. The monoisotopic (exact) mass is 317 g/mol. The minimum atomic E-state index is -0.351. The lowest BCUT2D eigenvalue weighted by atomic mass is 9.62. The van der Waals surface area contributed by atoms with E-state index in [4.69, 9.17) is 11.2 Å². The van der Waals surface area contributed by atoms with E-state index in [1.807, 2.05) is 0 Å². The first-order valence-corrected chi connectivity index (χ1v) is 8.77. The van der Waals surface area contributed by atoms with E-state index in [0.717, 1.165) is 39.0 Å². The topological polar surface area (TPSA) is 54.3 Å². The van der Waals surface area contributed by atoms with Crippen molar-refractivity contribution in [1.82, 2.24) is 4.90 Å². The van der Waals surface area contributed by atoms with Crippen LogP contribution >= 0.6 is 0 Å². The Bertz CT molecular complexity index is 523. The molecule has 2 fully saturated rings. The van der Waals surface area contributed by atoms with Crippen LogP contribution in [0, 0.1) is 23.7 Å². The van der Waals surface area contributed by atoms with Crippen LogP contribution in [0.25, 0.3) is 0 Å². The zero-order valence-electron chi connectivity index (χ0n) is 14.3. The van der Waals surface area contributed by atoms with Crippen LogP contribution in [0.1, 0.15) is 52.4 Å². The maximum atomic E-state index is 12.7. The largest absolute Gasteiger partial charge is 0.381 e. The molecule has 126 valence electrons. The summed E-state index contributed by atoms with van der Waals surface area (Å²) in [7, 11) is 0. The average molecular weight is 317 g/mol. The van der Waals surface area contributed by atoms with Gasteiger partial charge in [-0.3, -0.25) is 4.79 Å². The third kappa shape index (κ3) is 3.14. The van der Waals surface area contributed by atoms with Crippen LogP contribution in [0.5, 0.6) is 0 Å². The SMILES string of the molecule is C#CCCC1(CCC(=O)N2CC3(CCOCC3)C2C(C)C)N=N1. The Balaban J connectivity index is 1.55. The number of rotatable bonds is 6. The predicted octanol–water partition coefficient (Wildman–Crippen LogP) is 3.01. The number of hydrogen-bond acceptors (Lipinski definition) is 4. The van der Waals surface area contributed by atoms with Gasteiger partial charge in [0.1, 0.15) is 0 Å². The number of ether oxygens (including phenoxy) is 1. The number of carbonyl (C=O) groups is 1. The van der Waals surface area contributed by atoms with Gasteiger partial charge >= 0.3 is 0 Å². The Morgan fingerprint density at radius 3 is 2.61 bits per heavy atom. The standard InChI is InChI=1S/C18H27N3O2/c1-4-5-7-18(19-20-18)8-6-15(22)21-13-17(16(21)14(2)3)9-11-23-12-10-17/h1,14,16H,5-13H2,2-3H3. The molecule has 3 aliphatic heterocycles.